The number of rotatable bonds is 4. The second kappa shape index (κ2) is 5.07. The quantitative estimate of drug-likeness (QED) is 0.922. The van der Waals surface area contributed by atoms with Gasteiger partial charge in [-0.25, -0.2) is 0 Å². The van der Waals surface area contributed by atoms with E-state index in [-0.39, 0.29) is 6.61 Å². The smallest absolute Gasteiger partial charge is 0.233 e. The third kappa shape index (κ3) is 2.13. The van der Waals surface area contributed by atoms with Crippen molar-refractivity contribution in [1.82, 2.24) is 14.2 Å². The fourth-order valence-electron chi connectivity index (χ4n) is 1.94. The molecule has 0 aliphatic carbocycles. The van der Waals surface area contributed by atoms with E-state index >= 15 is 0 Å². The van der Waals surface area contributed by atoms with Gasteiger partial charge in [-0.3, -0.25) is 4.68 Å². The molecule has 2 aromatic heterocycles. The highest BCUT2D eigenvalue weighted by atomic mass is 32.1. The summed E-state index contributed by atoms with van der Waals surface area (Å²) in [6, 6.07) is 0. The largest absolute Gasteiger partial charge is 0.480 e. The predicted octanol–water partition coefficient (Wildman–Crippen LogP) is 2.17. The van der Waals surface area contributed by atoms with E-state index in [1.54, 1.807) is 11.8 Å². The Labute approximate surface area is 110 Å². The maximum atomic E-state index is 9.41. The SMILES string of the molecule is COc1nsc(CO)c1-c1cn(C)nc1C(C)C. The van der Waals surface area contributed by atoms with Crippen molar-refractivity contribution >= 4 is 11.5 Å². The van der Waals surface area contributed by atoms with Crippen molar-refractivity contribution in [1.29, 1.82) is 0 Å². The summed E-state index contributed by atoms with van der Waals surface area (Å²) in [5.41, 5.74) is 2.84. The number of aromatic nitrogens is 3. The van der Waals surface area contributed by atoms with Crippen molar-refractivity contribution in [3.05, 3.63) is 16.8 Å². The minimum Gasteiger partial charge on any atom is -0.480 e. The van der Waals surface area contributed by atoms with Crippen molar-refractivity contribution in [2.24, 2.45) is 7.05 Å². The highest BCUT2D eigenvalue weighted by Crippen LogP contribution is 2.39. The molecule has 2 rings (SSSR count). The van der Waals surface area contributed by atoms with Gasteiger partial charge in [0.25, 0.3) is 0 Å². The first-order valence-electron chi connectivity index (χ1n) is 5.75. The van der Waals surface area contributed by atoms with Gasteiger partial charge in [0.15, 0.2) is 0 Å². The Bertz CT molecular complexity index is 524. The first kappa shape index (κ1) is 13.0. The van der Waals surface area contributed by atoms with Gasteiger partial charge in [-0.1, -0.05) is 13.8 Å². The molecule has 0 atom stereocenters. The van der Waals surface area contributed by atoms with Crippen LogP contribution in [0.15, 0.2) is 6.20 Å². The van der Waals surface area contributed by atoms with Gasteiger partial charge in [-0.05, 0) is 17.5 Å². The van der Waals surface area contributed by atoms with Crippen molar-refractivity contribution in [3.8, 4) is 17.0 Å². The van der Waals surface area contributed by atoms with Crippen LogP contribution in [0.3, 0.4) is 0 Å². The molecule has 0 aliphatic heterocycles. The molecule has 0 aliphatic rings. The number of aliphatic hydroxyl groups excluding tert-OH is 1. The Balaban J connectivity index is 2.63. The Kier molecular flexibility index (Phi) is 3.68. The van der Waals surface area contributed by atoms with E-state index in [9.17, 15) is 5.11 Å². The molecule has 0 radical (unpaired) electrons. The normalized spacial score (nSPS) is 11.2. The molecule has 98 valence electrons. The van der Waals surface area contributed by atoms with E-state index in [2.05, 4.69) is 23.3 Å². The summed E-state index contributed by atoms with van der Waals surface area (Å²) in [5.74, 6) is 0.858. The average molecular weight is 267 g/mol. The predicted molar refractivity (Wildman–Crippen MR) is 70.9 cm³/mol. The lowest BCUT2D eigenvalue weighted by atomic mass is 10.0. The van der Waals surface area contributed by atoms with Crippen LogP contribution in [-0.2, 0) is 13.7 Å². The van der Waals surface area contributed by atoms with Crippen molar-refractivity contribution in [3.63, 3.8) is 0 Å². The number of aliphatic hydroxyl groups is 1. The molecule has 2 aromatic rings. The topological polar surface area (TPSA) is 60.2 Å². The number of hydrogen-bond acceptors (Lipinski definition) is 5. The van der Waals surface area contributed by atoms with Gasteiger partial charge in [0, 0.05) is 18.8 Å². The Morgan fingerprint density at radius 1 is 1.50 bits per heavy atom. The Morgan fingerprint density at radius 2 is 2.22 bits per heavy atom. The molecule has 18 heavy (non-hydrogen) atoms. The zero-order valence-corrected chi connectivity index (χ0v) is 11.8. The van der Waals surface area contributed by atoms with Gasteiger partial charge in [0.05, 0.1) is 29.9 Å². The van der Waals surface area contributed by atoms with E-state index in [0.29, 0.717) is 11.8 Å². The van der Waals surface area contributed by atoms with Gasteiger partial charge in [-0.15, -0.1) is 0 Å². The molecule has 0 amide bonds. The van der Waals surface area contributed by atoms with E-state index in [4.69, 9.17) is 4.74 Å². The molecule has 6 heteroatoms. The summed E-state index contributed by atoms with van der Waals surface area (Å²) in [6.45, 7) is 4.15. The zero-order valence-electron chi connectivity index (χ0n) is 11.0. The summed E-state index contributed by atoms with van der Waals surface area (Å²) in [7, 11) is 3.48. The lowest BCUT2D eigenvalue weighted by molar-refractivity contribution is 0.285. The molecule has 0 fully saturated rings. The summed E-state index contributed by atoms with van der Waals surface area (Å²) in [5, 5.41) is 13.9. The zero-order chi connectivity index (χ0) is 13.3. The first-order valence-corrected chi connectivity index (χ1v) is 6.53. The standard InChI is InChI=1S/C12H17N3O2S/c1-7(2)11-8(5-15(3)13-11)10-9(6-16)18-14-12(10)17-4/h5,7,16H,6H2,1-4H3. The van der Waals surface area contributed by atoms with Crippen LogP contribution in [0.25, 0.3) is 11.1 Å². The lowest BCUT2D eigenvalue weighted by Crippen LogP contribution is -1.95. The highest BCUT2D eigenvalue weighted by Gasteiger charge is 2.22. The number of hydrogen-bond donors (Lipinski definition) is 1. The minimum absolute atomic E-state index is 0.0389. The van der Waals surface area contributed by atoms with Crippen LogP contribution in [0.5, 0.6) is 5.88 Å². The van der Waals surface area contributed by atoms with Crippen LogP contribution in [0.1, 0.15) is 30.3 Å². The van der Waals surface area contributed by atoms with Gasteiger partial charge in [0.2, 0.25) is 5.88 Å². The monoisotopic (exact) mass is 267 g/mol. The first-order chi connectivity index (χ1) is 8.58. The third-order valence-corrected chi connectivity index (χ3v) is 3.55. The maximum Gasteiger partial charge on any atom is 0.233 e. The maximum absolute atomic E-state index is 9.41. The van der Waals surface area contributed by atoms with E-state index in [1.165, 1.54) is 11.5 Å². The number of aryl methyl sites for hydroxylation is 1. The number of ether oxygens (including phenoxy) is 1. The second-order valence-corrected chi connectivity index (χ2v) is 5.26. The van der Waals surface area contributed by atoms with Crippen molar-refractivity contribution in [2.45, 2.75) is 26.4 Å². The van der Waals surface area contributed by atoms with Gasteiger partial charge < -0.3 is 9.84 Å². The van der Waals surface area contributed by atoms with E-state index < -0.39 is 0 Å². The van der Waals surface area contributed by atoms with Crippen LogP contribution < -0.4 is 4.74 Å². The minimum atomic E-state index is -0.0389. The fraction of sp³-hybridized carbons (Fsp3) is 0.500. The molecule has 1 N–H and O–H groups in total. The molecule has 0 saturated carbocycles. The summed E-state index contributed by atoms with van der Waals surface area (Å²) in [6.07, 6.45) is 1.95. The van der Waals surface area contributed by atoms with Gasteiger partial charge in [-0.2, -0.15) is 9.47 Å². The molecular weight excluding hydrogens is 250 g/mol. The molecule has 0 saturated heterocycles. The Morgan fingerprint density at radius 3 is 2.78 bits per heavy atom. The van der Waals surface area contributed by atoms with Crippen LogP contribution in [0.2, 0.25) is 0 Å². The second-order valence-electron chi connectivity index (χ2n) is 4.40. The molecule has 0 aromatic carbocycles. The number of nitrogens with zero attached hydrogens (tertiary/aromatic N) is 3. The fourth-order valence-corrected chi connectivity index (χ4v) is 2.65. The van der Waals surface area contributed by atoms with Crippen LogP contribution in [0.4, 0.5) is 0 Å². The van der Waals surface area contributed by atoms with Crippen molar-refractivity contribution in [2.75, 3.05) is 7.11 Å². The molecule has 0 spiro atoms. The third-order valence-electron chi connectivity index (χ3n) is 2.74. The summed E-state index contributed by atoms with van der Waals surface area (Å²) < 4.78 is 11.3. The molecule has 0 bridgehead atoms. The van der Waals surface area contributed by atoms with Crippen LogP contribution >= 0.6 is 11.5 Å². The summed E-state index contributed by atoms with van der Waals surface area (Å²) in [4.78, 5) is 0.807. The molecule has 2 heterocycles. The van der Waals surface area contributed by atoms with E-state index in [0.717, 1.165) is 21.7 Å². The van der Waals surface area contributed by atoms with E-state index in [1.807, 2.05) is 13.2 Å². The van der Waals surface area contributed by atoms with Crippen LogP contribution in [-0.4, -0.2) is 26.4 Å². The van der Waals surface area contributed by atoms with Crippen molar-refractivity contribution < 1.29 is 9.84 Å². The molecule has 0 unspecified atom stereocenters. The van der Waals surface area contributed by atoms with Gasteiger partial charge in [0.1, 0.15) is 0 Å². The van der Waals surface area contributed by atoms with Crippen LogP contribution in [0, 0.1) is 0 Å². The average Bonchev–Trinajstić information content (AvgIpc) is 2.90. The lowest BCUT2D eigenvalue weighted by Gasteiger charge is -2.06. The molecule has 5 nitrogen and oxygen atoms in total. The highest BCUT2D eigenvalue weighted by molar-refractivity contribution is 7.06. The number of methoxy groups -OCH3 is 1. The molecular formula is C12H17N3O2S. The Hall–Kier alpha value is -1.40. The summed E-state index contributed by atoms with van der Waals surface area (Å²) >= 11 is 1.26. The van der Waals surface area contributed by atoms with Gasteiger partial charge >= 0.3 is 0 Å².